The van der Waals surface area contributed by atoms with Crippen LogP contribution in [0.15, 0.2) is 34.7 Å². The number of rotatable bonds is 2. The second-order valence-corrected chi connectivity index (χ2v) is 7.09. The summed E-state index contributed by atoms with van der Waals surface area (Å²) in [6, 6.07) is 6.48. The summed E-state index contributed by atoms with van der Waals surface area (Å²) in [5.41, 5.74) is -0.917. The predicted octanol–water partition coefficient (Wildman–Crippen LogP) is -0.244. The number of benzene rings is 1. The molecule has 1 saturated heterocycles. The fourth-order valence-corrected chi connectivity index (χ4v) is 4.90. The Labute approximate surface area is 147 Å². The predicted molar refractivity (Wildman–Crippen MR) is 89.1 cm³/mol. The molecule has 0 bridgehead atoms. The number of carbonyl (C=O) groups is 4. The Morgan fingerprint density at radius 2 is 1.80 bits per heavy atom. The third-order valence-electron chi connectivity index (χ3n) is 4.65. The van der Waals surface area contributed by atoms with Gasteiger partial charge in [0.25, 0.3) is 5.91 Å². The van der Waals surface area contributed by atoms with E-state index in [9.17, 15) is 19.2 Å². The van der Waals surface area contributed by atoms with Crippen LogP contribution in [0.3, 0.4) is 0 Å². The lowest BCUT2D eigenvalue weighted by Crippen LogP contribution is -2.69. The molecule has 2 amide bonds. The number of allylic oxidation sites excluding steroid dienone is 1. The van der Waals surface area contributed by atoms with Gasteiger partial charge in [-0.2, -0.15) is 0 Å². The molecule has 7 nitrogen and oxygen atoms in total. The zero-order valence-electron chi connectivity index (χ0n) is 13.1. The van der Waals surface area contributed by atoms with Crippen LogP contribution in [0.25, 0.3) is 0 Å². The summed E-state index contributed by atoms with van der Waals surface area (Å²) in [5, 5.41) is 11.8. The lowest BCUT2D eigenvalue weighted by Gasteiger charge is -2.40. The van der Waals surface area contributed by atoms with Gasteiger partial charge in [0.05, 0.1) is 23.6 Å². The topological polar surface area (TPSA) is 104 Å². The van der Waals surface area contributed by atoms with Crippen LogP contribution >= 0.6 is 11.8 Å². The first-order valence-corrected chi connectivity index (χ1v) is 8.75. The minimum atomic E-state index is -1.54. The van der Waals surface area contributed by atoms with Gasteiger partial charge in [0.1, 0.15) is 0 Å². The number of aliphatic hydroxyl groups excluding tert-OH is 1. The summed E-state index contributed by atoms with van der Waals surface area (Å²) in [6.45, 7) is -0.461. The normalized spacial score (nSPS) is 25.4. The molecule has 1 aromatic carbocycles. The quantitative estimate of drug-likeness (QED) is 0.756. The Morgan fingerprint density at radius 1 is 1.12 bits per heavy atom. The maximum Gasteiger partial charge on any atom is 0.254 e. The van der Waals surface area contributed by atoms with Gasteiger partial charge >= 0.3 is 0 Å². The minimum absolute atomic E-state index is 0.00000716. The van der Waals surface area contributed by atoms with Crippen molar-refractivity contribution in [3.63, 3.8) is 0 Å². The molecule has 3 aliphatic rings. The monoisotopic (exact) mass is 358 g/mol. The van der Waals surface area contributed by atoms with Crippen molar-refractivity contribution in [3.05, 3.63) is 45.9 Å². The second-order valence-electron chi connectivity index (χ2n) is 6.10. The first-order chi connectivity index (χ1) is 12.0. The van der Waals surface area contributed by atoms with Crippen LogP contribution in [0.4, 0.5) is 0 Å². The first kappa shape index (κ1) is 16.0. The van der Waals surface area contributed by atoms with Crippen LogP contribution < -0.4 is 5.32 Å². The molecule has 1 spiro atoms. The molecule has 2 aliphatic heterocycles. The minimum Gasteiger partial charge on any atom is -0.395 e. The Kier molecular flexibility index (Phi) is 3.55. The number of ketones is 2. The molecule has 128 valence electrons. The number of Topliss-reactive ketones (excluding diaryl/α,β-unsaturated/α-hetero) is 2. The van der Waals surface area contributed by atoms with Crippen LogP contribution in [0.2, 0.25) is 0 Å². The number of nitrogens with zero attached hydrogens (tertiary/aromatic N) is 1. The van der Waals surface area contributed by atoms with Gasteiger partial charge in [-0.3, -0.25) is 19.2 Å². The zero-order chi connectivity index (χ0) is 17.8. The fourth-order valence-electron chi connectivity index (χ4n) is 3.55. The third kappa shape index (κ3) is 2.11. The van der Waals surface area contributed by atoms with Gasteiger partial charge in [0.15, 0.2) is 11.3 Å². The van der Waals surface area contributed by atoms with E-state index in [1.54, 1.807) is 24.3 Å². The van der Waals surface area contributed by atoms with E-state index in [4.69, 9.17) is 5.11 Å². The smallest absolute Gasteiger partial charge is 0.254 e. The molecule has 25 heavy (non-hydrogen) atoms. The number of fused-ring (bicyclic) bond motifs is 2. The van der Waals surface area contributed by atoms with E-state index in [0.717, 1.165) is 11.8 Å². The largest absolute Gasteiger partial charge is 0.395 e. The summed E-state index contributed by atoms with van der Waals surface area (Å²) >= 11 is 1.12. The van der Waals surface area contributed by atoms with Gasteiger partial charge in [0, 0.05) is 23.4 Å². The Balaban J connectivity index is 1.86. The van der Waals surface area contributed by atoms with Crippen LogP contribution in [-0.4, -0.2) is 64.4 Å². The molecule has 1 unspecified atom stereocenters. The van der Waals surface area contributed by atoms with Gasteiger partial charge in [-0.1, -0.05) is 24.3 Å². The van der Waals surface area contributed by atoms with E-state index < -0.39 is 23.1 Å². The molecule has 2 N–H and O–H groups in total. The maximum atomic E-state index is 13.0. The van der Waals surface area contributed by atoms with Gasteiger partial charge in [-0.05, 0) is 0 Å². The Hall–Kier alpha value is -2.45. The van der Waals surface area contributed by atoms with Crippen molar-refractivity contribution in [2.45, 2.75) is 5.54 Å². The molecule has 0 radical (unpaired) electrons. The van der Waals surface area contributed by atoms with E-state index in [2.05, 4.69) is 5.32 Å². The molecule has 1 fully saturated rings. The summed E-state index contributed by atoms with van der Waals surface area (Å²) in [4.78, 5) is 52.4. The number of hydrogen-bond donors (Lipinski definition) is 2. The molecule has 1 aliphatic carbocycles. The van der Waals surface area contributed by atoms with Crippen LogP contribution in [0.5, 0.6) is 0 Å². The van der Waals surface area contributed by atoms with E-state index in [1.165, 1.54) is 4.90 Å². The Bertz CT molecular complexity index is 878. The number of nitrogens with one attached hydrogen (secondary N) is 1. The average molecular weight is 358 g/mol. The number of piperazine rings is 1. The summed E-state index contributed by atoms with van der Waals surface area (Å²) in [7, 11) is 0. The van der Waals surface area contributed by atoms with E-state index in [0.29, 0.717) is 5.56 Å². The highest BCUT2D eigenvalue weighted by Gasteiger charge is 2.58. The van der Waals surface area contributed by atoms with Gasteiger partial charge in [-0.15, -0.1) is 11.8 Å². The SMILES string of the molecule is O=C1CN(CCO)C(=O)C2(CSC3=C2C(=O)c2ccccc2C3=O)N1. The molecular weight excluding hydrogens is 344 g/mol. The number of β-amino-alcohol motifs (C(OH)–C–C–N with tert-alkyl or cyclic N) is 1. The molecule has 8 heteroatoms. The molecule has 0 aromatic heterocycles. The van der Waals surface area contributed by atoms with Crippen LogP contribution in [0.1, 0.15) is 20.7 Å². The molecule has 0 saturated carbocycles. The standard InChI is InChI=1S/C17H14N2O5S/c20-6-5-19-7-11(21)18-17(16(19)24)8-25-15-12(17)13(22)9-3-1-2-4-10(9)14(15)23/h1-4,20H,5-8H2,(H,18,21). The van der Waals surface area contributed by atoms with Crippen molar-refractivity contribution < 1.29 is 24.3 Å². The van der Waals surface area contributed by atoms with Crippen molar-refractivity contribution in [3.8, 4) is 0 Å². The van der Waals surface area contributed by atoms with Crippen molar-refractivity contribution >= 4 is 35.1 Å². The summed E-state index contributed by atoms with van der Waals surface area (Å²) in [6.07, 6.45) is 0. The van der Waals surface area contributed by atoms with Gasteiger partial charge in [0.2, 0.25) is 11.7 Å². The number of amides is 2. The molecular formula is C17H14N2O5S. The molecule has 1 atom stereocenters. The lowest BCUT2D eigenvalue weighted by atomic mass is 9.78. The molecule has 4 rings (SSSR count). The first-order valence-electron chi connectivity index (χ1n) is 7.77. The van der Waals surface area contributed by atoms with Crippen LogP contribution in [-0.2, 0) is 9.59 Å². The highest BCUT2D eigenvalue weighted by molar-refractivity contribution is 8.04. The number of thioether (sulfide) groups is 1. The average Bonchev–Trinajstić information content (AvgIpc) is 2.98. The van der Waals surface area contributed by atoms with Crippen LogP contribution in [0, 0.1) is 0 Å². The van der Waals surface area contributed by atoms with Crippen molar-refractivity contribution in [2.24, 2.45) is 0 Å². The molecule has 1 aromatic rings. The maximum absolute atomic E-state index is 13.0. The van der Waals surface area contributed by atoms with Crippen molar-refractivity contribution in [2.75, 3.05) is 25.4 Å². The number of aliphatic hydroxyl groups is 1. The number of carbonyl (C=O) groups excluding carboxylic acids is 4. The van der Waals surface area contributed by atoms with Crippen molar-refractivity contribution in [1.29, 1.82) is 0 Å². The molecule has 2 heterocycles. The third-order valence-corrected chi connectivity index (χ3v) is 5.90. The highest BCUT2D eigenvalue weighted by atomic mass is 32.2. The van der Waals surface area contributed by atoms with E-state index in [-0.39, 0.29) is 47.3 Å². The fraction of sp³-hybridized carbons (Fsp3) is 0.294. The van der Waals surface area contributed by atoms with E-state index in [1.807, 2.05) is 0 Å². The summed E-state index contributed by atoms with van der Waals surface area (Å²) in [5.74, 6) is -1.49. The van der Waals surface area contributed by atoms with E-state index >= 15 is 0 Å². The lowest BCUT2D eigenvalue weighted by molar-refractivity contribution is -0.147. The van der Waals surface area contributed by atoms with Gasteiger partial charge < -0.3 is 15.3 Å². The zero-order valence-corrected chi connectivity index (χ0v) is 13.9. The summed E-state index contributed by atoms with van der Waals surface area (Å²) < 4.78 is 0. The number of hydrogen-bond acceptors (Lipinski definition) is 6. The second kappa shape index (κ2) is 5.53. The Morgan fingerprint density at radius 3 is 2.48 bits per heavy atom. The van der Waals surface area contributed by atoms with Gasteiger partial charge in [-0.25, -0.2) is 0 Å². The van der Waals surface area contributed by atoms with Crippen molar-refractivity contribution in [1.82, 2.24) is 10.2 Å². The highest BCUT2D eigenvalue weighted by Crippen LogP contribution is 2.46.